The molecule has 6 nitrogen and oxygen atoms in total. The molecule has 17 heavy (non-hydrogen) atoms. The number of aromatic amines is 1. The van der Waals surface area contributed by atoms with E-state index in [9.17, 15) is 4.79 Å². The number of carbonyl (C=O) groups excluding carboxylic acids is 1. The van der Waals surface area contributed by atoms with Crippen LogP contribution in [0.25, 0.3) is 0 Å². The number of nitrogens with zero attached hydrogens (tertiary/aromatic N) is 2. The van der Waals surface area contributed by atoms with Crippen LogP contribution in [0.4, 0.5) is 5.82 Å². The average molecular weight is 238 g/mol. The summed E-state index contributed by atoms with van der Waals surface area (Å²) in [5.41, 5.74) is 6.12. The van der Waals surface area contributed by atoms with Gasteiger partial charge in [-0.15, -0.1) is 0 Å². The summed E-state index contributed by atoms with van der Waals surface area (Å²) in [6.45, 7) is 5.19. The highest BCUT2D eigenvalue weighted by Gasteiger charge is 2.31. The Bertz CT molecular complexity index is 404. The Kier molecular flexibility index (Phi) is 3.33. The molecule has 94 valence electrons. The van der Waals surface area contributed by atoms with Gasteiger partial charge in [-0.3, -0.25) is 9.89 Å². The molecule has 0 radical (unpaired) electrons. The summed E-state index contributed by atoms with van der Waals surface area (Å²) in [5.74, 6) is 0.252. The van der Waals surface area contributed by atoms with Crippen LogP contribution in [0.5, 0.6) is 0 Å². The van der Waals surface area contributed by atoms with E-state index in [2.05, 4.69) is 10.2 Å². The van der Waals surface area contributed by atoms with Crippen LogP contribution < -0.4 is 5.73 Å². The largest absolute Gasteiger partial charge is 0.383 e. The van der Waals surface area contributed by atoms with Crippen LogP contribution >= 0.6 is 0 Å². The minimum Gasteiger partial charge on any atom is -0.383 e. The van der Waals surface area contributed by atoms with Gasteiger partial charge in [0.1, 0.15) is 11.4 Å². The molecule has 1 fully saturated rings. The highest BCUT2D eigenvalue weighted by molar-refractivity contribution is 5.98. The van der Waals surface area contributed by atoms with Crippen molar-refractivity contribution in [3.8, 4) is 0 Å². The van der Waals surface area contributed by atoms with Gasteiger partial charge in [-0.05, 0) is 13.3 Å². The number of hydrogen-bond acceptors (Lipinski definition) is 4. The summed E-state index contributed by atoms with van der Waals surface area (Å²) in [6.07, 6.45) is 2.41. The summed E-state index contributed by atoms with van der Waals surface area (Å²) in [6, 6.07) is 0.119. The average Bonchev–Trinajstić information content (AvgIpc) is 2.74. The van der Waals surface area contributed by atoms with E-state index in [-0.39, 0.29) is 18.1 Å². The zero-order valence-corrected chi connectivity index (χ0v) is 10.1. The molecule has 0 bridgehead atoms. The maximum absolute atomic E-state index is 12.3. The first-order valence-corrected chi connectivity index (χ1v) is 5.84. The number of ether oxygens (including phenoxy) is 1. The summed E-state index contributed by atoms with van der Waals surface area (Å²) < 4.78 is 5.56. The Morgan fingerprint density at radius 3 is 3.12 bits per heavy atom. The first-order chi connectivity index (χ1) is 8.13. The van der Waals surface area contributed by atoms with Crippen molar-refractivity contribution in [1.29, 1.82) is 0 Å². The van der Waals surface area contributed by atoms with Crippen molar-refractivity contribution in [3.05, 3.63) is 11.8 Å². The van der Waals surface area contributed by atoms with Crippen LogP contribution in [-0.4, -0.2) is 46.3 Å². The molecule has 6 heteroatoms. The van der Waals surface area contributed by atoms with Crippen LogP contribution in [0.3, 0.4) is 0 Å². The summed E-state index contributed by atoms with van der Waals surface area (Å²) >= 11 is 0. The number of aromatic nitrogens is 2. The van der Waals surface area contributed by atoms with E-state index in [4.69, 9.17) is 10.5 Å². The molecular weight excluding hydrogens is 220 g/mol. The fourth-order valence-electron chi connectivity index (χ4n) is 2.05. The lowest BCUT2D eigenvalue weighted by Gasteiger charge is -2.38. The second kappa shape index (κ2) is 4.75. The third-order valence-corrected chi connectivity index (χ3v) is 3.10. The second-order valence-electron chi connectivity index (χ2n) is 4.36. The number of rotatable bonds is 2. The van der Waals surface area contributed by atoms with Crippen molar-refractivity contribution >= 4 is 11.7 Å². The third-order valence-electron chi connectivity index (χ3n) is 3.10. The molecule has 2 atom stereocenters. The Labute approximate surface area is 100 Å². The molecule has 2 rings (SSSR count). The molecule has 1 amide bonds. The number of carbonyl (C=O) groups is 1. The lowest BCUT2D eigenvalue weighted by Crippen LogP contribution is -2.51. The van der Waals surface area contributed by atoms with Gasteiger partial charge < -0.3 is 15.4 Å². The molecule has 1 saturated heterocycles. The van der Waals surface area contributed by atoms with Crippen LogP contribution in [0.1, 0.15) is 30.6 Å². The Morgan fingerprint density at radius 2 is 2.53 bits per heavy atom. The van der Waals surface area contributed by atoms with Crippen molar-refractivity contribution in [2.45, 2.75) is 32.4 Å². The first kappa shape index (κ1) is 11.9. The van der Waals surface area contributed by atoms with Gasteiger partial charge in [0.15, 0.2) is 0 Å². The number of nitrogens with two attached hydrogens (primary N) is 1. The molecule has 0 aliphatic carbocycles. The molecule has 2 heterocycles. The van der Waals surface area contributed by atoms with Crippen molar-refractivity contribution in [1.82, 2.24) is 15.1 Å². The zero-order valence-electron chi connectivity index (χ0n) is 10.1. The smallest absolute Gasteiger partial charge is 0.259 e. The Hall–Kier alpha value is -1.56. The summed E-state index contributed by atoms with van der Waals surface area (Å²) in [7, 11) is 0. The number of amides is 1. The lowest BCUT2D eigenvalue weighted by molar-refractivity contribution is -0.0443. The summed E-state index contributed by atoms with van der Waals surface area (Å²) in [4.78, 5) is 14.2. The van der Waals surface area contributed by atoms with Crippen molar-refractivity contribution in [2.24, 2.45) is 0 Å². The predicted octanol–water partition coefficient (Wildman–Crippen LogP) is 0.631. The number of nitrogens with one attached hydrogen (secondary N) is 1. The maximum atomic E-state index is 12.3. The van der Waals surface area contributed by atoms with Crippen LogP contribution in [0, 0.1) is 0 Å². The molecule has 0 saturated carbocycles. The number of hydrogen-bond donors (Lipinski definition) is 2. The van der Waals surface area contributed by atoms with E-state index in [1.165, 1.54) is 6.20 Å². The molecule has 0 spiro atoms. The number of H-pyrrole nitrogens is 1. The third kappa shape index (κ3) is 2.26. The van der Waals surface area contributed by atoms with E-state index < -0.39 is 0 Å². The number of morpholine rings is 1. The van der Waals surface area contributed by atoms with Crippen LogP contribution in [0.2, 0.25) is 0 Å². The van der Waals surface area contributed by atoms with Crippen molar-refractivity contribution < 1.29 is 9.53 Å². The SMILES string of the molecule is CCC1COC(C)CN1C(=O)c1cn[nH]c1N. The molecule has 1 aromatic rings. The van der Waals surface area contributed by atoms with E-state index in [0.29, 0.717) is 24.5 Å². The van der Waals surface area contributed by atoms with E-state index in [1.807, 2.05) is 18.7 Å². The van der Waals surface area contributed by atoms with Gasteiger partial charge >= 0.3 is 0 Å². The molecular formula is C11H18N4O2. The standard InChI is InChI=1S/C11H18N4O2/c1-3-8-6-17-7(2)5-15(8)11(16)9-4-13-14-10(9)12/h4,7-8H,3,5-6H2,1-2H3,(H3,12,13,14). The van der Waals surface area contributed by atoms with Crippen molar-refractivity contribution in [3.63, 3.8) is 0 Å². The van der Waals surface area contributed by atoms with Gasteiger partial charge in [0.25, 0.3) is 5.91 Å². The first-order valence-electron chi connectivity index (χ1n) is 5.84. The quantitative estimate of drug-likeness (QED) is 0.791. The van der Waals surface area contributed by atoms with Crippen LogP contribution in [0.15, 0.2) is 6.20 Å². The zero-order chi connectivity index (χ0) is 12.4. The Morgan fingerprint density at radius 1 is 1.76 bits per heavy atom. The van der Waals surface area contributed by atoms with Crippen molar-refractivity contribution in [2.75, 3.05) is 18.9 Å². The normalized spacial score (nSPS) is 24.9. The molecule has 3 N–H and O–H groups in total. The molecule has 2 unspecified atom stereocenters. The van der Waals surface area contributed by atoms with Crippen LogP contribution in [-0.2, 0) is 4.74 Å². The van der Waals surface area contributed by atoms with Gasteiger partial charge in [-0.25, -0.2) is 0 Å². The molecule has 1 aliphatic rings. The van der Waals surface area contributed by atoms with Gasteiger partial charge in [-0.1, -0.05) is 6.92 Å². The molecule has 1 aromatic heterocycles. The van der Waals surface area contributed by atoms with Gasteiger partial charge in [-0.2, -0.15) is 5.10 Å². The minimum absolute atomic E-state index is 0.0647. The second-order valence-corrected chi connectivity index (χ2v) is 4.36. The van der Waals surface area contributed by atoms with E-state index in [0.717, 1.165) is 6.42 Å². The topological polar surface area (TPSA) is 84.2 Å². The fourth-order valence-corrected chi connectivity index (χ4v) is 2.05. The minimum atomic E-state index is -0.0711. The van der Waals surface area contributed by atoms with Gasteiger partial charge in [0.05, 0.1) is 24.9 Å². The highest BCUT2D eigenvalue weighted by atomic mass is 16.5. The maximum Gasteiger partial charge on any atom is 0.259 e. The predicted molar refractivity (Wildman–Crippen MR) is 63.5 cm³/mol. The Balaban J connectivity index is 2.19. The molecule has 0 aromatic carbocycles. The van der Waals surface area contributed by atoms with E-state index in [1.54, 1.807) is 0 Å². The highest BCUT2D eigenvalue weighted by Crippen LogP contribution is 2.19. The number of anilines is 1. The van der Waals surface area contributed by atoms with E-state index >= 15 is 0 Å². The molecule has 1 aliphatic heterocycles. The monoisotopic (exact) mass is 238 g/mol. The van der Waals surface area contributed by atoms with Gasteiger partial charge in [0.2, 0.25) is 0 Å². The number of nitrogen functional groups attached to an aromatic ring is 1. The summed E-state index contributed by atoms with van der Waals surface area (Å²) in [5, 5.41) is 6.36. The lowest BCUT2D eigenvalue weighted by atomic mass is 10.1. The van der Waals surface area contributed by atoms with Gasteiger partial charge in [0, 0.05) is 6.54 Å². The fraction of sp³-hybridized carbons (Fsp3) is 0.636.